The number of sulfonamides is 1. The molecule has 0 atom stereocenters. The first kappa shape index (κ1) is 14.0. The van der Waals surface area contributed by atoms with Gasteiger partial charge in [-0.3, -0.25) is 4.98 Å². The Bertz CT molecular complexity index is 488. The quantitative estimate of drug-likeness (QED) is 0.810. The van der Waals surface area contributed by atoms with Crippen LogP contribution in [0.3, 0.4) is 0 Å². The van der Waals surface area contributed by atoms with Gasteiger partial charge in [0.15, 0.2) is 0 Å². The summed E-state index contributed by atoms with van der Waals surface area (Å²) in [6, 6.07) is 0.890. The average molecular weight is 262 g/mol. The Balaban J connectivity index is 2.83. The molecule has 7 heteroatoms. The molecule has 2 N–H and O–H groups in total. The number of hydrogen-bond acceptors (Lipinski definition) is 4. The fourth-order valence-corrected chi connectivity index (χ4v) is 2.18. The molecule has 0 radical (unpaired) electrons. The number of rotatable bonds is 5. The van der Waals surface area contributed by atoms with Crippen molar-refractivity contribution < 1.29 is 17.9 Å². The van der Waals surface area contributed by atoms with E-state index in [-0.39, 0.29) is 18.0 Å². The van der Waals surface area contributed by atoms with Gasteiger partial charge in [-0.1, -0.05) is 13.8 Å². The van der Waals surface area contributed by atoms with Crippen molar-refractivity contribution in [1.82, 2.24) is 9.71 Å². The molecule has 0 saturated carbocycles. The van der Waals surface area contributed by atoms with E-state index in [1.807, 2.05) is 0 Å². The fourth-order valence-electron chi connectivity index (χ4n) is 0.969. The van der Waals surface area contributed by atoms with Gasteiger partial charge in [0, 0.05) is 24.8 Å². The number of hydrogen-bond donors (Lipinski definition) is 2. The van der Waals surface area contributed by atoms with Crippen LogP contribution in [0.2, 0.25) is 0 Å². The van der Waals surface area contributed by atoms with E-state index in [2.05, 4.69) is 9.71 Å². The molecule has 17 heavy (non-hydrogen) atoms. The summed E-state index contributed by atoms with van der Waals surface area (Å²) < 4.78 is 38.6. The first-order valence-electron chi connectivity index (χ1n) is 4.98. The molecule has 96 valence electrons. The standard InChI is InChI=1S/C10H15FN2O3S/c1-10(2,7-14)6-13-17(15,16)9-3-8(11)4-12-5-9/h3-5,13-14H,6-7H2,1-2H3. The molecule has 0 bridgehead atoms. The van der Waals surface area contributed by atoms with Gasteiger partial charge in [0.05, 0.1) is 6.20 Å². The molecule has 0 aliphatic heterocycles. The lowest BCUT2D eigenvalue weighted by Gasteiger charge is -2.21. The highest BCUT2D eigenvalue weighted by Crippen LogP contribution is 2.14. The number of nitrogens with one attached hydrogen (secondary N) is 1. The predicted molar refractivity (Wildman–Crippen MR) is 60.3 cm³/mol. The maximum absolute atomic E-state index is 12.8. The van der Waals surface area contributed by atoms with Gasteiger partial charge in [-0.25, -0.2) is 17.5 Å². The van der Waals surface area contributed by atoms with Crippen molar-refractivity contribution in [3.8, 4) is 0 Å². The van der Waals surface area contributed by atoms with Crippen LogP contribution in [0.25, 0.3) is 0 Å². The lowest BCUT2D eigenvalue weighted by Crippen LogP contribution is -2.36. The second-order valence-corrected chi connectivity index (χ2v) is 6.25. The van der Waals surface area contributed by atoms with Gasteiger partial charge in [-0.05, 0) is 6.07 Å². The SMILES string of the molecule is CC(C)(CO)CNS(=O)(=O)c1cncc(F)c1. The minimum absolute atomic E-state index is 0.0579. The summed E-state index contributed by atoms with van der Waals surface area (Å²) >= 11 is 0. The Morgan fingerprint density at radius 1 is 1.47 bits per heavy atom. The summed E-state index contributed by atoms with van der Waals surface area (Å²) in [6.45, 7) is 3.32. The second kappa shape index (κ2) is 5.07. The molecule has 0 aromatic carbocycles. The maximum Gasteiger partial charge on any atom is 0.242 e. The molecule has 0 saturated heterocycles. The Morgan fingerprint density at radius 3 is 2.65 bits per heavy atom. The van der Waals surface area contributed by atoms with Crippen LogP contribution >= 0.6 is 0 Å². The summed E-state index contributed by atoms with van der Waals surface area (Å²) in [5.41, 5.74) is -0.576. The van der Waals surface area contributed by atoms with E-state index >= 15 is 0 Å². The number of aromatic nitrogens is 1. The Hall–Kier alpha value is -1.05. The van der Waals surface area contributed by atoms with Crippen LogP contribution in [0.1, 0.15) is 13.8 Å². The van der Waals surface area contributed by atoms with E-state index in [9.17, 15) is 12.8 Å². The predicted octanol–water partition coefficient (Wildman–Crippen LogP) is 0.518. The van der Waals surface area contributed by atoms with E-state index < -0.39 is 21.3 Å². The minimum Gasteiger partial charge on any atom is -0.396 e. The van der Waals surface area contributed by atoms with Gasteiger partial charge in [0.25, 0.3) is 0 Å². The molecule has 0 fully saturated rings. The zero-order valence-electron chi connectivity index (χ0n) is 9.64. The van der Waals surface area contributed by atoms with Gasteiger partial charge in [-0.15, -0.1) is 0 Å². The zero-order chi connectivity index (χ0) is 13.1. The first-order chi connectivity index (χ1) is 7.77. The van der Waals surface area contributed by atoms with Crippen molar-refractivity contribution in [2.75, 3.05) is 13.2 Å². The van der Waals surface area contributed by atoms with Crippen molar-refractivity contribution >= 4 is 10.0 Å². The van der Waals surface area contributed by atoms with Crippen LogP contribution in [0.5, 0.6) is 0 Å². The normalized spacial score (nSPS) is 12.7. The van der Waals surface area contributed by atoms with Crippen molar-refractivity contribution in [3.05, 3.63) is 24.3 Å². The molecule has 5 nitrogen and oxygen atoms in total. The van der Waals surface area contributed by atoms with Gasteiger partial charge >= 0.3 is 0 Å². The molecular formula is C10H15FN2O3S. The molecule has 0 aliphatic rings. The largest absolute Gasteiger partial charge is 0.396 e. The summed E-state index contributed by atoms with van der Waals surface area (Å²) in [7, 11) is -3.79. The number of aliphatic hydroxyl groups is 1. The van der Waals surface area contributed by atoms with E-state index in [0.717, 1.165) is 18.5 Å². The summed E-state index contributed by atoms with van der Waals surface area (Å²) in [5.74, 6) is -0.714. The molecule has 0 aliphatic carbocycles. The van der Waals surface area contributed by atoms with Crippen LogP contribution < -0.4 is 4.72 Å². The number of nitrogens with zero attached hydrogens (tertiary/aromatic N) is 1. The highest BCUT2D eigenvalue weighted by Gasteiger charge is 2.22. The van der Waals surface area contributed by atoms with Gasteiger partial charge in [0.2, 0.25) is 10.0 Å². The smallest absolute Gasteiger partial charge is 0.242 e. The lowest BCUT2D eigenvalue weighted by molar-refractivity contribution is 0.163. The molecule has 0 amide bonds. The topological polar surface area (TPSA) is 79.3 Å². The molecule has 0 spiro atoms. The van der Waals surface area contributed by atoms with Crippen molar-refractivity contribution in [3.63, 3.8) is 0 Å². The zero-order valence-corrected chi connectivity index (χ0v) is 10.5. The summed E-state index contributed by atoms with van der Waals surface area (Å²) in [6.07, 6.45) is 1.99. The molecule has 1 aromatic rings. The van der Waals surface area contributed by atoms with E-state index in [0.29, 0.717) is 0 Å². The van der Waals surface area contributed by atoms with Gasteiger partial charge in [0.1, 0.15) is 10.7 Å². The van der Waals surface area contributed by atoms with Crippen molar-refractivity contribution in [2.45, 2.75) is 18.7 Å². The van der Waals surface area contributed by atoms with Crippen LogP contribution in [0.4, 0.5) is 4.39 Å². The Morgan fingerprint density at radius 2 is 2.12 bits per heavy atom. The lowest BCUT2D eigenvalue weighted by atomic mass is 9.96. The van der Waals surface area contributed by atoms with Crippen LogP contribution in [-0.4, -0.2) is 31.7 Å². The van der Waals surface area contributed by atoms with Crippen molar-refractivity contribution in [2.24, 2.45) is 5.41 Å². The summed E-state index contributed by atoms with van der Waals surface area (Å²) in [5, 5.41) is 9.00. The molecule has 1 heterocycles. The molecular weight excluding hydrogens is 247 g/mol. The summed E-state index contributed by atoms with van der Waals surface area (Å²) in [4.78, 5) is 3.24. The highest BCUT2D eigenvalue weighted by atomic mass is 32.2. The van der Waals surface area contributed by atoms with Gasteiger partial charge in [-0.2, -0.15) is 0 Å². The minimum atomic E-state index is -3.79. The second-order valence-electron chi connectivity index (χ2n) is 4.49. The number of pyridine rings is 1. The third-order valence-electron chi connectivity index (χ3n) is 2.16. The number of halogens is 1. The van der Waals surface area contributed by atoms with Crippen LogP contribution in [0, 0.1) is 11.2 Å². The molecule has 0 unspecified atom stereocenters. The highest BCUT2D eigenvalue weighted by molar-refractivity contribution is 7.89. The third kappa shape index (κ3) is 4.03. The monoisotopic (exact) mass is 262 g/mol. The van der Waals surface area contributed by atoms with E-state index in [1.165, 1.54) is 0 Å². The first-order valence-corrected chi connectivity index (χ1v) is 6.46. The Kier molecular flexibility index (Phi) is 4.18. The van der Waals surface area contributed by atoms with Crippen LogP contribution in [0.15, 0.2) is 23.4 Å². The number of aliphatic hydroxyl groups excluding tert-OH is 1. The van der Waals surface area contributed by atoms with Gasteiger partial charge < -0.3 is 5.11 Å². The third-order valence-corrected chi connectivity index (χ3v) is 3.53. The fraction of sp³-hybridized carbons (Fsp3) is 0.500. The average Bonchev–Trinajstić information content (AvgIpc) is 2.27. The molecule has 1 rings (SSSR count). The van der Waals surface area contributed by atoms with Crippen molar-refractivity contribution in [1.29, 1.82) is 0 Å². The van der Waals surface area contributed by atoms with E-state index in [4.69, 9.17) is 5.11 Å². The van der Waals surface area contributed by atoms with Crippen LogP contribution in [-0.2, 0) is 10.0 Å². The van der Waals surface area contributed by atoms with E-state index in [1.54, 1.807) is 13.8 Å². The Labute approximate surface area is 99.7 Å². The molecule has 1 aromatic heterocycles. The maximum atomic E-state index is 12.8.